The molecule has 0 aliphatic carbocycles. The fraction of sp³-hybridized carbons (Fsp3) is 0. The molecule has 0 radical (unpaired) electrons. The van der Waals surface area contributed by atoms with Crippen LogP contribution in [-0.4, -0.2) is 18.6 Å². The summed E-state index contributed by atoms with van der Waals surface area (Å²) in [6.07, 6.45) is 1.40. The van der Waals surface area contributed by atoms with Crippen molar-refractivity contribution in [1.82, 2.24) is 10.1 Å². The number of rotatable bonds is 4. The number of hydrogen-bond acceptors (Lipinski definition) is 6. The highest BCUT2D eigenvalue weighted by atomic mass is 35.5. The molecule has 2 heterocycles. The van der Waals surface area contributed by atoms with Gasteiger partial charge in [-0.3, -0.25) is 4.98 Å². The number of anilines is 1. The molecule has 0 unspecified atom stereocenters. The molecule has 10 heteroatoms. The van der Waals surface area contributed by atoms with Crippen LogP contribution in [0.2, 0.25) is 5.02 Å². The van der Waals surface area contributed by atoms with E-state index in [-0.39, 0.29) is 16.4 Å². The van der Waals surface area contributed by atoms with Crippen molar-refractivity contribution in [1.29, 1.82) is 0 Å². The molecule has 2 aromatic heterocycles. The smallest absolute Gasteiger partial charge is 0.408 e. The number of aromatic nitrogens is 2. The van der Waals surface area contributed by atoms with Crippen molar-refractivity contribution >= 4 is 38.6 Å². The number of halogens is 1. The normalized spacial score (nSPS) is 11.7. The summed E-state index contributed by atoms with van der Waals surface area (Å²) in [6, 6.07) is 10.8. The van der Waals surface area contributed by atoms with E-state index in [2.05, 4.69) is 14.9 Å². The lowest BCUT2D eigenvalue weighted by molar-refractivity contribution is 0.435. The number of hydrogen-bond donors (Lipinski definition) is 2. The molecule has 0 amide bonds. The van der Waals surface area contributed by atoms with Gasteiger partial charge in [-0.1, -0.05) is 28.9 Å². The number of sulfonamides is 1. The first-order valence-electron chi connectivity index (χ1n) is 7.29. The molecular formula is C16H10ClN3O5S. The van der Waals surface area contributed by atoms with Crippen LogP contribution in [0.3, 0.4) is 0 Å². The molecule has 0 aliphatic heterocycles. The summed E-state index contributed by atoms with van der Waals surface area (Å²) in [6.45, 7) is 0. The number of nitrogens with one attached hydrogen (secondary N) is 2. The third-order valence-electron chi connectivity index (χ3n) is 3.66. The van der Waals surface area contributed by atoms with E-state index >= 15 is 0 Å². The van der Waals surface area contributed by atoms with E-state index in [1.165, 1.54) is 24.4 Å². The van der Waals surface area contributed by atoms with E-state index in [0.717, 1.165) is 0 Å². The number of H-pyrrole nitrogens is 1. The Morgan fingerprint density at radius 1 is 1.12 bits per heavy atom. The van der Waals surface area contributed by atoms with Gasteiger partial charge in [0.2, 0.25) is 5.88 Å². The second-order valence-electron chi connectivity index (χ2n) is 5.35. The molecule has 2 aromatic carbocycles. The van der Waals surface area contributed by atoms with Crippen molar-refractivity contribution in [3.8, 4) is 11.1 Å². The highest BCUT2D eigenvalue weighted by molar-refractivity contribution is 7.92. The van der Waals surface area contributed by atoms with Gasteiger partial charge in [-0.2, -0.15) is 0 Å². The molecule has 0 aliphatic rings. The number of fused-ring (bicyclic) bond motifs is 1. The van der Waals surface area contributed by atoms with E-state index in [9.17, 15) is 13.2 Å². The van der Waals surface area contributed by atoms with Gasteiger partial charge in [-0.25, -0.2) is 17.9 Å². The third kappa shape index (κ3) is 2.98. The molecule has 8 nitrogen and oxygen atoms in total. The molecule has 0 saturated carbocycles. The van der Waals surface area contributed by atoms with E-state index in [0.29, 0.717) is 21.7 Å². The van der Waals surface area contributed by atoms with Crippen LogP contribution in [0.15, 0.2) is 67.3 Å². The first kappa shape index (κ1) is 16.4. The Labute approximate surface area is 151 Å². The summed E-state index contributed by atoms with van der Waals surface area (Å²) in [7, 11) is -3.99. The lowest BCUT2D eigenvalue weighted by atomic mass is 10.1. The van der Waals surface area contributed by atoms with Gasteiger partial charge in [0.25, 0.3) is 10.0 Å². The van der Waals surface area contributed by atoms with Gasteiger partial charge in [0, 0.05) is 11.1 Å². The van der Waals surface area contributed by atoms with E-state index in [1.807, 2.05) is 0 Å². The zero-order valence-electron chi connectivity index (χ0n) is 12.9. The topological polar surface area (TPSA) is 118 Å². The van der Waals surface area contributed by atoms with Gasteiger partial charge >= 0.3 is 5.76 Å². The van der Waals surface area contributed by atoms with Crippen molar-refractivity contribution in [3.05, 3.63) is 64.2 Å². The Kier molecular flexibility index (Phi) is 3.82. The summed E-state index contributed by atoms with van der Waals surface area (Å²) < 4.78 is 37.6. The molecule has 4 rings (SSSR count). The molecular weight excluding hydrogens is 382 g/mol. The number of nitrogens with zero attached hydrogens (tertiary/aromatic N) is 1. The maximum Gasteiger partial charge on any atom is 0.417 e. The van der Waals surface area contributed by atoms with Gasteiger partial charge in [0.05, 0.1) is 22.2 Å². The maximum atomic E-state index is 12.6. The Morgan fingerprint density at radius 3 is 2.65 bits per heavy atom. The van der Waals surface area contributed by atoms with E-state index in [4.69, 9.17) is 20.5 Å². The second-order valence-corrected chi connectivity index (χ2v) is 7.47. The number of benzene rings is 2. The fourth-order valence-electron chi connectivity index (χ4n) is 2.42. The molecule has 4 aromatic rings. The lowest BCUT2D eigenvalue weighted by Gasteiger charge is -2.07. The maximum absolute atomic E-state index is 12.6. The summed E-state index contributed by atoms with van der Waals surface area (Å²) in [5.74, 6) is -0.703. The minimum absolute atomic E-state index is 0.0389. The van der Waals surface area contributed by atoms with Crippen LogP contribution in [0.5, 0.6) is 0 Å². The molecule has 0 spiro atoms. The Hall–Kier alpha value is -3.04. The highest BCUT2D eigenvalue weighted by Gasteiger charge is 2.21. The number of aromatic amines is 1. The van der Waals surface area contributed by atoms with Crippen LogP contribution in [0.25, 0.3) is 22.2 Å². The minimum atomic E-state index is -3.99. The zero-order valence-corrected chi connectivity index (χ0v) is 14.5. The quantitative estimate of drug-likeness (QED) is 0.551. The second kappa shape index (κ2) is 6.04. The van der Waals surface area contributed by atoms with Crippen LogP contribution in [0.1, 0.15) is 0 Å². The molecule has 0 saturated heterocycles. The summed E-state index contributed by atoms with van der Waals surface area (Å²) >= 11 is 5.86. The van der Waals surface area contributed by atoms with Gasteiger partial charge in [-0.15, -0.1) is 0 Å². The van der Waals surface area contributed by atoms with Crippen molar-refractivity contribution < 1.29 is 17.4 Å². The average molecular weight is 392 g/mol. The van der Waals surface area contributed by atoms with E-state index < -0.39 is 15.8 Å². The SMILES string of the molecule is O=c1[nH]c2ccc(S(=O)(=O)Nc3oncc3-c3ccc(Cl)cc3)cc2o1. The molecule has 132 valence electrons. The van der Waals surface area contributed by atoms with Gasteiger partial charge < -0.3 is 8.94 Å². The van der Waals surface area contributed by atoms with Gasteiger partial charge in [-0.05, 0) is 29.8 Å². The van der Waals surface area contributed by atoms with Crippen molar-refractivity contribution in [2.75, 3.05) is 4.72 Å². The predicted molar refractivity (Wildman–Crippen MR) is 94.6 cm³/mol. The Bertz CT molecular complexity index is 1260. The summed E-state index contributed by atoms with van der Waals surface area (Å²) in [5.41, 5.74) is 1.67. The number of oxazole rings is 1. The average Bonchev–Trinajstić information content (AvgIpc) is 3.19. The van der Waals surface area contributed by atoms with Gasteiger partial charge in [0.1, 0.15) is 0 Å². The summed E-state index contributed by atoms with van der Waals surface area (Å²) in [5, 5.41) is 4.20. The van der Waals surface area contributed by atoms with Crippen LogP contribution in [0, 0.1) is 0 Å². The monoisotopic (exact) mass is 391 g/mol. The van der Waals surface area contributed by atoms with Gasteiger partial charge in [0.15, 0.2) is 5.58 Å². The van der Waals surface area contributed by atoms with E-state index in [1.54, 1.807) is 24.3 Å². The van der Waals surface area contributed by atoms with Crippen LogP contribution in [-0.2, 0) is 10.0 Å². The van der Waals surface area contributed by atoms with Crippen LogP contribution < -0.4 is 10.5 Å². The largest absolute Gasteiger partial charge is 0.417 e. The standard InChI is InChI=1S/C16H10ClN3O5S/c17-10-3-1-9(2-4-10)12-8-18-25-15(12)20-26(22,23)11-5-6-13-14(7-11)24-16(21)19-13/h1-8,20H,(H,19,21). The summed E-state index contributed by atoms with van der Waals surface area (Å²) in [4.78, 5) is 13.6. The lowest BCUT2D eigenvalue weighted by Crippen LogP contribution is -2.12. The highest BCUT2D eigenvalue weighted by Crippen LogP contribution is 2.30. The molecule has 0 atom stereocenters. The Morgan fingerprint density at radius 2 is 1.88 bits per heavy atom. The molecule has 2 N–H and O–H groups in total. The minimum Gasteiger partial charge on any atom is -0.408 e. The fourth-order valence-corrected chi connectivity index (χ4v) is 3.57. The molecule has 26 heavy (non-hydrogen) atoms. The van der Waals surface area contributed by atoms with Crippen molar-refractivity contribution in [2.45, 2.75) is 4.90 Å². The zero-order chi connectivity index (χ0) is 18.3. The molecule has 0 fully saturated rings. The van der Waals surface area contributed by atoms with Crippen LogP contribution >= 0.6 is 11.6 Å². The first-order valence-corrected chi connectivity index (χ1v) is 9.15. The van der Waals surface area contributed by atoms with Crippen molar-refractivity contribution in [3.63, 3.8) is 0 Å². The molecule has 0 bridgehead atoms. The third-order valence-corrected chi connectivity index (χ3v) is 5.24. The predicted octanol–water partition coefficient (Wildman–Crippen LogP) is 3.23. The van der Waals surface area contributed by atoms with Crippen LogP contribution in [0.4, 0.5) is 5.88 Å². The first-order chi connectivity index (χ1) is 12.4. The Balaban J connectivity index is 1.70. The van der Waals surface area contributed by atoms with Crippen molar-refractivity contribution in [2.24, 2.45) is 0 Å².